The third kappa shape index (κ3) is 4.78. The molecule has 9 heteroatoms. The second-order valence-corrected chi connectivity index (χ2v) is 7.70. The molecule has 1 fully saturated rings. The average Bonchev–Trinajstić information content (AvgIpc) is 3.16. The second kappa shape index (κ2) is 8.55. The van der Waals surface area contributed by atoms with Crippen LogP contribution in [0.1, 0.15) is 60.9 Å². The number of amides is 2. The van der Waals surface area contributed by atoms with Crippen molar-refractivity contribution in [3.63, 3.8) is 0 Å². The summed E-state index contributed by atoms with van der Waals surface area (Å²) in [5.41, 5.74) is 2.12. The van der Waals surface area contributed by atoms with Crippen LogP contribution in [-0.4, -0.2) is 44.9 Å². The van der Waals surface area contributed by atoms with Gasteiger partial charge in [0.05, 0.1) is 12.3 Å². The van der Waals surface area contributed by atoms with Gasteiger partial charge in [0.25, 0.3) is 5.91 Å². The predicted molar refractivity (Wildman–Crippen MR) is 104 cm³/mol. The van der Waals surface area contributed by atoms with Crippen LogP contribution < -0.4 is 10.6 Å². The third-order valence-electron chi connectivity index (χ3n) is 4.89. The van der Waals surface area contributed by atoms with Gasteiger partial charge in [-0.15, -0.1) is 0 Å². The molecule has 0 spiro atoms. The van der Waals surface area contributed by atoms with E-state index in [1.165, 1.54) is 4.68 Å². The number of H-pyrrole nitrogens is 1. The summed E-state index contributed by atoms with van der Waals surface area (Å²) in [6.45, 7) is 4.28. The molecule has 28 heavy (non-hydrogen) atoms. The Balaban J connectivity index is 1.51. The lowest BCUT2D eigenvalue weighted by atomic mass is 9.71. The van der Waals surface area contributed by atoms with Crippen molar-refractivity contribution in [2.75, 3.05) is 12.4 Å². The van der Waals surface area contributed by atoms with Gasteiger partial charge in [0.2, 0.25) is 5.91 Å². The molecule has 1 aliphatic carbocycles. The van der Waals surface area contributed by atoms with Gasteiger partial charge in [0, 0.05) is 44.3 Å². The SMILES string of the molecule is COCc1cc(C(=O)Nc2cc([C@H]3C[C@@H](CC(=O)NC(C)C)C3)[nH]n2)n(C)n1. The number of rotatable bonds is 8. The zero-order chi connectivity index (χ0) is 20.3. The molecule has 0 bridgehead atoms. The Kier molecular flexibility index (Phi) is 6.13. The number of hydrogen-bond donors (Lipinski definition) is 3. The quantitative estimate of drug-likeness (QED) is 0.640. The minimum Gasteiger partial charge on any atom is -0.378 e. The summed E-state index contributed by atoms with van der Waals surface area (Å²) in [5, 5.41) is 17.2. The van der Waals surface area contributed by atoms with E-state index in [0.29, 0.717) is 42.1 Å². The summed E-state index contributed by atoms with van der Waals surface area (Å²) in [6, 6.07) is 3.73. The Labute approximate surface area is 164 Å². The largest absolute Gasteiger partial charge is 0.378 e. The fraction of sp³-hybridized carbons (Fsp3) is 0.579. The van der Waals surface area contributed by atoms with E-state index in [1.807, 2.05) is 19.9 Å². The molecule has 1 saturated carbocycles. The summed E-state index contributed by atoms with van der Waals surface area (Å²) >= 11 is 0. The first-order chi connectivity index (χ1) is 13.4. The lowest BCUT2D eigenvalue weighted by molar-refractivity contribution is -0.123. The minimum atomic E-state index is -0.271. The fourth-order valence-corrected chi connectivity index (χ4v) is 3.55. The number of methoxy groups -OCH3 is 1. The normalized spacial score (nSPS) is 18.8. The van der Waals surface area contributed by atoms with E-state index >= 15 is 0 Å². The summed E-state index contributed by atoms with van der Waals surface area (Å²) in [4.78, 5) is 24.3. The van der Waals surface area contributed by atoms with Crippen molar-refractivity contribution in [1.29, 1.82) is 0 Å². The summed E-state index contributed by atoms with van der Waals surface area (Å²) in [7, 11) is 3.30. The van der Waals surface area contributed by atoms with Gasteiger partial charge in [-0.2, -0.15) is 10.2 Å². The Morgan fingerprint density at radius 3 is 2.79 bits per heavy atom. The highest BCUT2D eigenvalue weighted by Gasteiger charge is 2.33. The molecule has 9 nitrogen and oxygen atoms in total. The van der Waals surface area contributed by atoms with E-state index in [1.54, 1.807) is 20.2 Å². The van der Waals surface area contributed by atoms with Crippen molar-refractivity contribution in [1.82, 2.24) is 25.3 Å². The van der Waals surface area contributed by atoms with Gasteiger partial charge in [-0.25, -0.2) is 0 Å². The van der Waals surface area contributed by atoms with E-state index in [2.05, 4.69) is 25.9 Å². The molecule has 2 amide bonds. The highest BCUT2D eigenvalue weighted by Crippen LogP contribution is 2.43. The highest BCUT2D eigenvalue weighted by molar-refractivity contribution is 6.02. The van der Waals surface area contributed by atoms with Crippen molar-refractivity contribution >= 4 is 17.6 Å². The number of carbonyl (C=O) groups excluding carboxylic acids is 2. The molecule has 0 atom stereocenters. The maximum absolute atomic E-state index is 12.5. The van der Waals surface area contributed by atoms with Crippen molar-refractivity contribution in [3.05, 3.63) is 29.2 Å². The van der Waals surface area contributed by atoms with Crippen LogP contribution in [0.3, 0.4) is 0 Å². The topological polar surface area (TPSA) is 114 Å². The fourth-order valence-electron chi connectivity index (χ4n) is 3.55. The molecule has 152 valence electrons. The van der Waals surface area contributed by atoms with Gasteiger partial charge < -0.3 is 15.4 Å². The molecule has 0 unspecified atom stereocenters. The number of nitrogens with one attached hydrogen (secondary N) is 3. The summed E-state index contributed by atoms with van der Waals surface area (Å²) < 4.78 is 6.57. The molecule has 1 aliphatic rings. The van der Waals surface area contributed by atoms with Crippen molar-refractivity contribution in [2.24, 2.45) is 13.0 Å². The number of anilines is 1. The first-order valence-corrected chi connectivity index (χ1v) is 9.53. The number of aromatic nitrogens is 4. The van der Waals surface area contributed by atoms with Crippen LogP contribution in [0, 0.1) is 5.92 Å². The van der Waals surface area contributed by atoms with E-state index < -0.39 is 0 Å². The van der Waals surface area contributed by atoms with Crippen LogP contribution in [0.25, 0.3) is 0 Å². The molecular weight excluding hydrogens is 360 g/mol. The maximum atomic E-state index is 12.5. The molecular formula is C19H28N6O3. The zero-order valence-corrected chi connectivity index (χ0v) is 16.8. The number of aromatic amines is 1. The molecule has 2 aromatic heterocycles. The van der Waals surface area contributed by atoms with Crippen LogP contribution in [0.15, 0.2) is 12.1 Å². The zero-order valence-electron chi connectivity index (χ0n) is 16.8. The second-order valence-electron chi connectivity index (χ2n) is 7.70. The number of aryl methyl sites for hydroxylation is 1. The first-order valence-electron chi connectivity index (χ1n) is 9.53. The molecule has 0 radical (unpaired) electrons. The van der Waals surface area contributed by atoms with Crippen molar-refractivity contribution in [3.8, 4) is 0 Å². The van der Waals surface area contributed by atoms with Crippen molar-refractivity contribution in [2.45, 2.75) is 51.7 Å². The standard InChI is InChI=1S/C19H28N6O3/c1-11(2)20-18(26)7-12-5-13(6-12)15-9-17(23-22-15)21-19(27)16-8-14(10-28-4)24-25(16)3/h8-9,11-13H,5-7,10H2,1-4H3,(H,20,26)(H2,21,22,23,27)/t12-,13+. The predicted octanol–water partition coefficient (Wildman–Crippen LogP) is 1.95. The van der Waals surface area contributed by atoms with Crippen LogP contribution in [0.2, 0.25) is 0 Å². The van der Waals surface area contributed by atoms with E-state index in [9.17, 15) is 9.59 Å². The Hall–Kier alpha value is -2.68. The minimum absolute atomic E-state index is 0.111. The first kappa shape index (κ1) is 20.1. The smallest absolute Gasteiger partial charge is 0.275 e. The molecule has 3 rings (SSSR count). The Morgan fingerprint density at radius 2 is 2.11 bits per heavy atom. The monoisotopic (exact) mass is 388 g/mol. The van der Waals surface area contributed by atoms with Crippen LogP contribution in [0.5, 0.6) is 0 Å². The molecule has 0 saturated heterocycles. The van der Waals surface area contributed by atoms with E-state index in [0.717, 1.165) is 18.5 Å². The summed E-state index contributed by atoms with van der Waals surface area (Å²) in [5.74, 6) is 1.07. The third-order valence-corrected chi connectivity index (χ3v) is 4.89. The number of nitrogens with zero attached hydrogens (tertiary/aromatic N) is 3. The Morgan fingerprint density at radius 1 is 1.36 bits per heavy atom. The molecule has 3 N–H and O–H groups in total. The highest BCUT2D eigenvalue weighted by atomic mass is 16.5. The van der Waals surface area contributed by atoms with E-state index in [-0.39, 0.29) is 17.9 Å². The lowest BCUT2D eigenvalue weighted by Gasteiger charge is -2.34. The van der Waals surface area contributed by atoms with Gasteiger partial charge in [-0.05, 0) is 38.7 Å². The molecule has 0 aliphatic heterocycles. The van der Waals surface area contributed by atoms with E-state index in [4.69, 9.17) is 4.74 Å². The summed E-state index contributed by atoms with van der Waals surface area (Å²) in [6.07, 6.45) is 2.46. The van der Waals surface area contributed by atoms with Gasteiger partial charge in [-0.3, -0.25) is 19.4 Å². The average molecular weight is 388 g/mol. The van der Waals surface area contributed by atoms with Crippen LogP contribution >= 0.6 is 0 Å². The van der Waals surface area contributed by atoms with Crippen molar-refractivity contribution < 1.29 is 14.3 Å². The number of ether oxygens (including phenoxy) is 1. The van der Waals surface area contributed by atoms with Crippen LogP contribution in [0.4, 0.5) is 5.82 Å². The maximum Gasteiger partial charge on any atom is 0.275 e. The van der Waals surface area contributed by atoms with Gasteiger partial charge >= 0.3 is 0 Å². The van der Waals surface area contributed by atoms with Gasteiger partial charge in [0.1, 0.15) is 5.69 Å². The van der Waals surface area contributed by atoms with Crippen LogP contribution in [-0.2, 0) is 23.2 Å². The molecule has 2 heterocycles. The van der Waals surface area contributed by atoms with Gasteiger partial charge in [0.15, 0.2) is 5.82 Å². The molecule has 0 aromatic carbocycles. The lowest BCUT2D eigenvalue weighted by Crippen LogP contribution is -2.34. The molecule has 2 aromatic rings. The Bertz CT molecular complexity index is 835. The van der Waals surface area contributed by atoms with Gasteiger partial charge in [-0.1, -0.05) is 0 Å². The number of carbonyl (C=O) groups is 2. The number of hydrogen-bond acceptors (Lipinski definition) is 5.